The summed E-state index contributed by atoms with van der Waals surface area (Å²) in [5.74, 6) is -0.101. The number of alkyl halides is 3. The highest BCUT2D eigenvalue weighted by Crippen LogP contribution is 2.23. The Morgan fingerprint density at radius 2 is 2.31 bits per heavy atom. The van der Waals surface area contributed by atoms with Gasteiger partial charge in [0.1, 0.15) is 0 Å². The van der Waals surface area contributed by atoms with Crippen LogP contribution in [0.4, 0.5) is 8.78 Å². The molecule has 0 aliphatic heterocycles. The summed E-state index contributed by atoms with van der Waals surface area (Å²) in [6.45, 7) is -2.87. The summed E-state index contributed by atoms with van der Waals surface area (Å²) in [7, 11) is 0. The molecule has 0 fully saturated rings. The quantitative estimate of drug-likeness (QED) is 0.788. The first-order valence-corrected chi connectivity index (χ1v) is 4.78. The summed E-state index contributed by atoms with van der Waals surface area (Å²) in [6, 6.07) is 1.51. The van der Waals surface area contributed by atoms with Crippen molar-refractivity contribution >= 4 is 27.5 Å². The Morgan fingerprint density at radius 3 is 2.85 bits per heavy atom. The SMILES string of the molecule is FC(F)Oc1ncc(Cl)cc1CBr. The van der Waals surface area contributed by atoms with E-state index in [4.69, 9.17) is 11.6 Å². The van der Waals surface area contributed by atoms with E-state index in [1.54, 1.807) is 0 Å². The average Bonchev–Trinajstić information content (AvgIpc) is 2.07. The van der Waals surface area contributed by atoms with Crippen LogP contribution >= 0.6 is 27.5 Å². The maximum Gasteiger partial charge on any atom is 0.388 e. The van der Waals surface area contributed by atoms with Crippen LogP contribution in [0.5, 0.6) is 5.88 Å². The number of rotatable bonds is 3. The first-order valence-electron chi connectivity index (χ1n) is 3.28. The summed E-state index contributed by atoms with van der Waals surface area (Å²) < 4.78 is 27.8. The molecular formula is C7H5BrClF2NO. The minimum Gasteiger partial charge on any atom is -0.417 e. The van der Waals surface area contributed by atoms with Crippen LogP contribution in [0.25, 0.3) is 0 Å². The normalized spacial score (nSPS) is 10.5. The molecular weight excluding hydrogens is 267 g/mol. The van der Waals surface area contributed by atoms with E-state index >= 15 is 0 Å². The van der Waals surface area contributed by atoms with Crippen molar-refractivity contribution in [1.29, 1.82) is 0 Å². The molecule has 0 radical (unpaired) electrons. The largest absolute Gasteiger partial charge is 0.417 e. The molecule has 0 saturated heterocycles. The molecule has 0 saturated carbocycles. The van der Waals surface area contributed by atoms with Crippen LogP contribution in [0.1, 0.15) is 5.56 Å². The Kier molecular flexibility index (Phi) is 3.87. The molecule has 0 aliphatic rings. The van der Waals surface area contributed by atoms with E-state index in [2.05, 4.69) is 25.7 Å². The second kappa shape index (κ2) is 4.72. The van der Waals surface area contributed by atoms with E-state index in [0.29, 0.717) is 15.9 Å². The van der Waals surface area contributed by atoms with Crippen LogP contribution in [-0.4, -0.2) is 11.6 Å². The lowest BCUT2D eigenvalue weighted by Crippen LogP contribution is -2.05. The molecule has 72 valence electrons. The Bertz CT molecular complexity index is 298. The van der Waals surface area contributed by atoms with E-state index in [9.17, 15) is 8.78 Å². The zero-order valence-electron chi connectivity index (χ0n) is 6.31. The molecule has 0 unspecified atom stereocenters. The third kappa shape index (κ3) is 3.08. The predicted octanol–water partition coefficient (Wildman–Crippen LogP) is 3.23. The Balaban J connectivity index is 2.92. The van der Waals surface area contributed by atoms with Crippen molar-refractivity contribution in [3.05, 3.63) is 22.8 Å². The topological polar surface area (TPSA) is 22.1 Å². The number of pyridine rings is 1. The lowest BCUT2D eigenvalue weighted by Gasteiger charge is -2.06. The smallest absolute Gasteiger partial charge is 0.388 e. The second-order valence-corrected chi connectivity index (χ2v) is 3.13. The molecule has 0 N–H and O–H groups in total. The molecule has 1 heterocycles. The van der Waals surface area contributed by atoms with Crippen molar-refractivity contribution in [2.24, 2.45) is 0 Å². The van der Waals surface area contributed by atoms with Gasteiger partial charge in [-0.25, -0.2) is 4.98 Å². The number of hydrogen-bond acceptors (Lipinski definition) is 2. The third-order valence-corrected chi connectivity index (χ3v) is 2.05. The zero-order chi connectivity index (χ0) is 9.84. The minimum absolute atomic E-state index is 0.101. The van der Waals surface area contributed by atoms with Gasteiger partial charge in [-0.3, -0.25) is 0 Å². The molecule has 0 spiro atoms. The van der Waals surface area contributed by atoms with Gasteiger partial charge in [0.2, 0.25) is 5.88 Å². The van der Waals surface area contributed by atoms with E-state index in [0.717, 1.165) is 0 Å². The summed E-state index contributed by atoms with van der Waals surface area (Å²) in [5, 5.41) is 0.749. The Labute approximate surface area is 87.0 Å². The standard InChI is InChI=1S/C7H5BrClF2NO/c8-2-4-1-5(9)3-12-6(4)13-7(10)11/h1,3,7H,2H2. The fraction of sp³-hybridized carbons (Fsp3) is 0.286. The van der Waals surface area contributed by atoms with Crippen LogP contribution in [0.15, 0.2) is 12.3 Å². The van der Waals surface area contributed by atoms with Gasteiger partial charge < -0.3 is 4.74 Å². The van der Waals surface area contributed by atoms with Crippen molar-refractivity contribution in [2.75, 3.05) is 0 Å². The number of nitrogens with zero attached hydrogens (tertiary/aromatic N) is 1. The van der Waals surface area contributed by atoms with Crippen LogP contribution in [0.2, 0.25) is 5.02 Å². The minimum atomic E-state index is -2.87. The van der Waals surface area contributed by atoms with Crippen molar-refractivity contribution in [2.45, 2.75) is 11.9 Å². The van der Waals surface area contributed by atoms with E-state index in [1.807, 2.05) is 0 Å². The van der Waals surface area contributed by atoms with Crippen LogP contribution in [-0.2, 0) is 5.33 Å². The lowest BCUT2D eigenvalue weighted by atomic mass is 10.3. The van der Waals surface area contributed by atoms with Gasteiger partial charge in [0.15, 0.2) is 0 Å². The van der Waals surface area contributed by atoms with Crippen molar-refractivity contribution in [3.63, 3.8) is 0 Å². The zero-order valence-corrected chi connectivity index (χ0v) is 8.65. The van der Waals surface area contributed by atoms with Gasteiger partial charge in [0.25, 0.3) is 0 Å². The van der Waals surface area contributed by atoms with Gasteiger partial charge in [0.05, 0.1) is 5.02 Å². The van der Waals surface area contributed by atoms with Gasteiger partial charge in [0, 0.05) is 17.1 Å². The molecule has 6 heteroatoms. The molecule has 13 heavy (non-hydrogen) atoms. The number of aromatic nitrogens is 1. The summed E-state index contributed by atoms with van der Waals surface area (Å²) >= 11 is 8.71. The molecule has 0 aliphatic carbocycles. The highest BCUT2D eigenvalue weighted by Gasteiger charge is 2.10. The molecule has 0 atom stereocenters. The molecule has 1 rings (SSSR count). The number of hydrogen-bond donors (Lipinski definition) is 0. The molecule has 2 nitrogen and oxygen atoms in total. The molecule has 1 aromatic heterocycles. The number of ether oxygens (including phenoxy) is 1. The third-order valence-electron chi connectivity index (χ3n) is 1.24. The first-order chi connectivity index (χ1) is 6.13. The molecule has 1 aromatic rings. The van der Waals surface area contributed by atoms with Gasteiger partial charge in [-0.2, -0.15) is 8.78 Å². The summed E-state index contributed by atoms with van der Waals surface area (Å²) in [5.41, 5.74) is 0.493. The lowest BCUT2D eigenvalue weighted by molar-refractivity contribution is -0.0533. The fourth-order valence-electron chi connectivity index (χ4n) is 0.755. The van der Waals surface area contributed by atoms with Crippen LogP contribution in [0.3, 0.4) is 0 Å². The Hall–Kier alpha value is -0.420. The molecule has 0 aromatic carbocycles. The van der Waals surface area contributed by atoms with E-state index in [-0.39, 0.29) is 5.88 Å². The van der Waals surface area contributed by atoms with E-state index in [1.165, 1.54) is 12.3 Å². The van der Waals surface area contributed by atoms with Gasteiger partial charge in [-0.1, -0.05) is 27.5 Å². The fourth-order valence-corrected chi connectivity index (χ4v) is 1.34. The van der Waals surface area contributed by atoms with Gasteiger partial charge >= 0.3 is 6.61 Å². The summed E-state index contributed by atoms with van der Waals surface area (Å²) in [6.07, 6.45) is 1.26. The number of halogens is 4. The van der Waals surface area contributed by atoms with Crippen molar-refractivity contribution in [1.82, 2.24) is 4.98 Å². The van der Waals surface area contributed by atoms with Gasteiger partial charge in [-0.05, 0) is 6.07 Å². The van der Waals surface area contributed by atoms with Crippen LogP contribution < -0.4 is 4.74 Å². The highest BCUT2D eigenvalue weighted by molar-refractivity contribution is 9.08. The highest BCUT2D eigenvalue weighted by atomic mass is 79.9. The monoisotopic (exact) mass is 271 g/mol. The Morgan fingerprint density at radius 1 is 1.62 bits per heavy atom. The maximum atomic E-state index is 11.8. The predicted molar refractivity (Wildman–Crippen MR) is 48.5 cm³/mol. The second-order valence-electron chi connectivity index (χ2n) is 2.13. The molecule has 0 bridgehead atoms. The average molecular weight is 272 g/mol. The van der Waals surface area contributed by atoms with Crippen molar-refractivity contribution in [3.8, 4) is 5.88 Å². The molecule has 0 amide bonds. The maximum absolute atomic E-state index is 11.8. The van der Waals surface area contributed by atoms with Crippen LogP contribution in [0, 0.1) is 0 Å². The van der Waals surface area contributed by atoms with E-state index < -0.39 is 6.61 Å². The van der Waals surface area contributed by atoms with Gasteiger partial charge in [-0.15, -0.1) is 0 Å². The summed E-state index contributed by atoms with van der Waals surface area (Å²) in [4.78, 5) is 3.63. The first kappa shape index (κ1) is 10.7. The van der Waals surface area contributed by atoms with Crippen molar-refractivity contribution < 1.29 is 13.5 Å².